The van der Waals surface area contributed by atoms with Crippen LogP contribution >= 0.6 is 23.6 Å². The van der Waals surface area contributed by atoms with E-state index >= 15 is 0 Å². The van der Waals surface area contributed by atoms with Crippen LogP contribution in [0.4, 0.5) is 5.00 Å². The van der Waals surface area contributed by atoms with Crippen LogP contribution in [0.5, 0.6) is 5.75 Å². The highest BCUT2D eigenvalue weighted by Gasteiger charge is 2.20. The van der Waals surface area contributed by atoms with E-state index in [4.69, 9.17) is 22.7 Å². The molecule has 0 aliphatic carbocycles. The molecule has 1 heterocycles. The topological polar surface area (TPSA) is 93.4 Å². The number of nitrogens with one attached hydrogen (secondary N) is 2. The fraction of sp³-hybridized carbons (Fsp3) is 0.278. The standard InChI is InChI=1S/C18H21N3O3S2/c1-4-13-10(2)26-17(15(13)16(19)23)21-18(25)20-14(22)9-11-5-7-12(24-3)8-6-11/h5-8H,4,9H2,1-3H3,(H2,19,23)(H2,20,21,22,25). The minimum atomic E-state index is -0.513. The van der Waals surface area contributed by atoms with Crippen molar-refractivity contribution < 1.29 is 14.3 Å². The van der Waals surface area contributed by atoms with Gasteiger partial charge in [0.2, 0.25) is 5.91 Å². The molecule has 0 fully saturated rings. The fourth-order valence-electron chi connectivity index (χ4n) is 2.59. The Morgan fingerprint density at radius 2 is 1.92 bits per heavy atom. The molecule has 6 nitrogen and oxygen atoms in total. The quantitative estimate of drug-likeness (QED) is 0.659. The maximum absolute atomic E-state index is 12.2. The average molecular weight is 392 g/mol. The molecule has 0 saturated carbocycles. The highest BCUT2D eigenvalue weighted by molar-refractivity contribution is 7.80. The summed E-state index contributed by atoms with van der Waals surface area (Å²) in [4.78, 5) is 24.9. The molecule has 0 unspecified atom stereocenters. The van der Waals surface area contributed by atoms with Crippen LogP contribution in [0.15, 0.2) is 24.3 Å². The van der Waals surface area contributed by atoms with E-state index in [2.05, 4.69) is 10.6 Å². The number of primary amides is 1. The molecule has 0 spiro atoms. The number of carbonyl (C=O) groups excluding carboxylic acids is 2. The lowest BCUT2D eigenvalue weighted by molar-refractivity contribution is -0.119. The van der Waals surface area contributed by atoms with Gasteiger partial charge in [-0.2, -0.15) is 0 Å². The van der Waals surface area contributed by atoms with E-state index in [1.165, 1.54) is 11.3 Å². The molecule has 1 aromatic heterocycles. The van der Waals surface area contributed by atoms with Crippen molar-refractivity contribution >= 4 is 45.5 Å². The van der Waals surface area contributed by atoms with E-state index in [0.29, 0.717) is 17.0 Å². The van der Waals surface area contributed by atoms with Crippen LogP contribution in [-0.2, 0) is 17.6 Å². The Morgan fingerprint density at radius 3 is 2.46 bits per heavy atom. The molecule has 2 amide bonds. The Bertz CT molecular complexity index is 829. The Balaban J connectivity index is 2.02. The van der Waals surface area contributed by atoms with Crippen molar-refractivity contribution in [3.63, 3.8) is 0 Å². The van der Waals surface area contributed by atoms with Crippen LogP contribution in [-0.4, -0.2) is 24.0 Å². The van der Waals surface area contributed by atoms with E-state index < -0.39 is 5.91 Å². The highest BCUT2D eigenvalue weighted by Crippen LogP contribution is 2.33. The number of hydrogen-bond acceptors (Lipinski definition) is 5. The SMILES string of the molecule is CCc1c(C)sc(NC(=S)NC(=O)Cc2ccc(OC)cc2)c1C(N)=O. The van der Waals surface area contributed by atoms with E-state index in [1.54, 1.807) is 19.2 Å². The number of hydrogen-bond donors (Lipinski definition) is 3. The van der Waals surface area contributed by atoms with Gasteiger partial charge in [0.05, 0.1) is 19.1 Å². The first kappa shape index (κ1) is 19.9. The fourth-order valence-corrected chi connectivity index (χ4v) is 4.02. The van der Waals surface area contributed by atoms with Gasteiger partial charge in [-0.1, -0.05) is 19.1 Å². The molecule has 0 saturated heterocycles. The number of amides is 2. The van der Waals surface area contributed by atoms with Crippen molar-refractivity contribution in [2.45, 2.75) is 26.7 Å². The van der Waals surface area contributed by atoms with Crippen LogP contribution in [0, 0.1) is 6.92 Å². The predicted octanol–water partition coefficient (Wildman–Crippen LogP) is 2.78. The van der Waals surface area contributed by atoms with E-state index in [-0.39, 0.29) is 17.4 Å². The van der Waals surface area contributed by atoms with Gasteiger partial charge < -0.3 is 21.1 Å². The molecule has 0 aliphatic heterocycles. The number of methoxy groups -OCH3 is 1. The van der Waals surface area contributed by atoms with Gasteiger partial charge in [-0.25, -0.2) is 0 Å². The van der Waals surface area contributed by atoms with E-state index in [9.17, 15) is 9.59 Å². The summed E-state index contributed by atoms with van der Waals surface area (Å²) in [6.45, 7) is 3.88. The molecular weight excluding hydrogens is 370 g/mol. The van der Waals surface area contributed by atoms with Crippen LogP contribution in [0.3, 0.4) is 0 Å². The number of nitrogens with two attached hydrogens (primary N) is 1. The first-order valence-corrected chi connectivity index (χ1v) is 9.24. The second kappa shape index (κ2) is 8.77. The number of rotatable bonds is 6. The molecule has 0 bridgehead atoms. The number of benzene rings is 1. The second-order valence-electron chi connectivity index (χ2n) is 5.59. The molecule has 0 atom stereocenters. The summed E-state index contributed by atoms with van der Waals surface area (Å²) in [6.07, 6.45) is 0.872. The summed E-state index contributed by atoms with van der Waals surface area (Å²) < 4.78 is 5.09. The number of ether oxygens (including phenoxy) is 1. The first-order valence-electron chi connectivity index (χ1n) is 8.01. The van der Waals surface area contributed by atoms with Gasteiger partial charge in [0, 0.05) is 4.88 Å². The predicted molar refractivity (Wildman–Crippen MR) is 108 cm³/mol. The zero-order valence-electron chi connectivity index (χ0n) is 14.8. The Kier molecular flexibility index (Phi) is 6.70. The first-order chi connectivity index (χ1) is 12.3. The van der Waals surface area contributed by atoms with Gasteiger partial charge in [0.25, 0.3) is 5.91 Å². The minimum absolute atomic E-state index is 0.134. The molecule has 138 valence electrons. The van der Waals surface area contributed by atoms with Gasteiger partial charge in [-0.05, 0) is 48.8 Å². The van der Waals surface area contributed by atoms with Crippen molar-refractivity contribution in [2.75, 3.05) is 12.4 Å². The molecule has 1 aromatic carbocycles. The molecular formula is C18H21N3O3S2. The summed E-state index contributed by atoms with van der Waals surface area (Å²) in [6, 6.07) is 7.21. The second-order valence-corrected chi connectivity index (χ2v) is 7.22. The normalized spacial score (nSPS) is 10.3. The third-order valence-corrected chi connectivity index (χ3v) is 5.08. The van der Waals surface area contributed by atoms with Crippen molar-refractivity contribution in [1.82, 2.24) is 5.32 Å². The number of aryl methyl sites for hydroxylation is 1. The van der Waals surface area contributed by atoms with Gasteiger partial charge in [-0.15, -0.1) is 11.3 Å². The van der Waals surface area contributed by atoms with Gasteiger partial charge >= 0.3 is 0 Å². The lowest BCUT2D eigenvalue weighted by Crippen LogP contribution is -2.35. The molecule has 4 N–H and O–H groups in total. The maximum atomic E-state index is 12.2. The van der Waals surface area contributed by atoms with Gasteiger partial charge in [0.1, 0.15) is 10.8 Å². The Hall–Kier alpha value is -2.45. The number of thiocarbonyl (C=S) groups is 1. The molecule has 26 heavy (non-hydrogen) atoms. The lowest BCUT2D eigenvalue weighted by Gasteiger charge is -2.10. The third kappa shape index (κ3) is 4.80. The smallest absolute Gasteiger partial charge is 0.251 e. The molecule has 2 aromatic rings. The molecule has 2 rings (SSSR count). The highest BCUT2D eigenvalue weighted by atomic mass is 32.1. The van der Waals surface area contributed by atoms with Crippen molar-refractivity contribution in [2.24, 2.45) is 5.73 Å². The zero-order chi connectivity index (χ0) is 19.3. The Morgan fingerprint density at radius 1 is 1.27 bits per heavy atom. The van der Waals surface area contributed by atoms with Gasteiger partial charge in [0.15, 0.2) is 5.11 Å². The lowest BCUT2D eigenvalue weighted by atomic mass is 10.1. The van der Waals surface area contributed by atoms with Crippen molar-refractivity contribution in [3.05, 3.63) is 45.8 Å². The van der Waals surface area contributed by atoms with Crippen LogP contribution in [0.25, 0.3) is 0 Å². The monoisotopic (exact) mass is 391 g/mol. The van der Waals surface area contributed by atoms with E-state index in [1.807, 2.05) is 26.0 Å². The molecule has 0 aliphatic rings. The summed E-state index contributed by atoms with van der Waals surface area (Å²) in [5, 5.41) is 6.23. The van der Waals surface area contributed by atoms with Crippen LogP contribution in [0.2, 0.25) is 0 Å². The Labute approximate surface area is 161 Å². The maximum Gasteiger partial charge on any atom is 0.251 e. The minimum Gasteiger partial charge on any atom is -0.497 e. The van der Waals surface area contributed by atoms with Gasteiger partial charge in [-0.3, -0.25) is 9.59 Å². The summed E-state index contributed by atoms with van der Waals surface area (Å²) in [5.41, 5.74) is 7.66. The average Bonchev–Trinajstić information content (AvgIpc) is 2.90. The zero-order valence-corrected chi connectivity index (χ0v) is 16.5. The van der Waals surface area contributed by atoms with Crippen molar-refractivity contribution in [1.29, 1.82) is 0 Å². The third-order valence-electron chi connectivity index (χ3n) is 3.81. The van der Waals surface area contributed by atoms with Crippen molar-refractivity contribution in [3.8, 4) is 5.75 Å². The summed E-state index contributed by atoms with van der Waals surface area (Å²) in [5.74, 6) is -0.0385. The summed E-state index contributed by atoms with van der Waals surface area (Å²) >= 11 is 6.59. The number of anilines is 1. The van der Waals surface area contributed by atoms with E-state index in [0.717, 1.165) is 21.8 Å². The van der Waals surface area contributed by atoms with Crippen LogP contribution in [0.1, 0.15) is 33.3 Å². The summed E-state index contributed by atoms with van der Waals surface area (Å²) in [7, 11) is 1.59. The molecule has 8 heteroatoms. The van der Waals surface area contributed by atoms with Crippen LogP contribution < -0.4 is 21.1 Å². The largest absolute Gasteiger partial charge is 0.497 e. The number of carbonyl (C=O) groups is 2. The molecule has 0 radical (unpaired) electrons. The number of thiophene rings is 1.